The Kier molecular flexibility index (Phi) is 2.93. The van der Waals surface area contributed by atoms with Gasteiger partial charge in [-0.15, -0.1) is 0 Å². The lowest BCUT2D eigenvalue weighted by Gasteiger charge is -2.12. The molecule has 1 heterocycles. The Morgan fingerprint density at radius 2 is 1.64 bits per heavy atom. The molecule has 0 saturated carbocycles. The van der Waals surface area contributed by atoms with Crippen molar-refractivity contribution >= 4 is 23.2 Å². The fraction of sp³-hybridized carbons (Fsp3) is 0.333. The fourth-order valence-electron chi connectivity index (χ4n) is 1.30. The van der Waals surface area contributed by atoms with Gasteiger partial charge in [0.25, 0.3) is 0 Å². The van der Waals surface area contributed by atoms with Crippen LogP contribution in [0.3, 0.4) is 0 Å². The van der Waals surface area contributed by atoms with Crippen LogP contribution in [0.25, 0.3) is 0 Å². The Labute approximate surface area is 90.5 Å². The number of rotatable bonds is 1. The van der Waals surface area contributed by atoms with Crippen molar-refractivity contribution in [3.8, 4) is 0 Å². The highest BCUT2D eigenvalue weighted by Gasteiger charge is 2.24. The molecule has 0 amide bonds. The molecule has 1 saturated heterocycles. The summed E-state index contributed by atoms with van der Waals surface area (Å²) in [6.45, 7) is 0.989. The van der Waals surface area contributed by atoms with Crippen LogP contribution in [0, 0.1) is 5.82 Å². The summed E-state index contributed by atoms with van der Waals surface area (Å²) in [4.78, 5) is 0. The van der Waals surface area contributed by atoms with Gasteiger partial charge in [0.2, 0.25) is 0 Å². The van der Waals surface area contributed by atoms with Gasteiger partial charge in [0.05, 0.1) is 23.3 Å². The first kappa shape index (κ1) is 10.2. The molecule has 1 aliphatic rings. The van der Waals surface area contributed by atoms with Gasteiger partial charge in [0.1, 0.15) is 5.82 Å². The predicted octanol–water partition coefficient (Wildman–Crippen LogP) is 3.18. The number of hydrogen-bond donors (Lipinski definition) is 0. The van der Waals surface area contributed by atoms with E-state index in [1.54, 1.807) is 0 Å². The Morgan fingerprint density at radius 3 is 2.14 bits per heavy atom. The van der Waals surface area contributed by atoms with E-state index in [4.69, 9.17) is 32.7 Å². The summed E-state index contributed by atoms with van der Waals surface area (Å²) in [5, 5.41) is 0.448. The largest absolute Gasteiger partial charge is 0.346 e. The van der Waals surface area contributed by atoms with Gasteiger partial charge in [0.15, 0.2) is 6.29 Å². The van der Waals surface area contributed by atoms with Gasteiger partial charge >= 0.3 is 0 Å². The molecule has 0 spiro atoms. The molecular formula is C9H7Cl2FO2. The molecule has 0 aromatic heterocycles. The molecule has 0 aliphatic carbocycles. The Bertz CT molecular complexity index is 328. The normalized spacial score (nSPS) is 17.6. The molecule has 0 radical (unpaired) electrons. The minimum Gasteiger partial charge on any atom is -0.346 e. The monoisotopic (exact) mass is 236 g/mol. The zero-order chi connectivity index (χ0) is 10.1. The van der Waals surface area contributed by atoms with Crippen LogP contribution in [0.2, 0.25) is 10.0 Å². The van der Waals surface area contributed by atoms with Gasteiger partial charge in [-0.2, -0.15) is 0 Å². The van der Waals surface area contributed by atoms with Crippen LogP contribution in [-0.2, 0) is 9.47 Å². The maximum absolute atomic E-state index is 12.8. The van der Waals surface area contributed by atoms with E-state index >= 15 is 0 Å². The van der Waals surface area contributed by atoms with Crippen molar-refractivity contribution in [3.05, 3.63) is 33.6 Å². The summed E-state index contributed by atoms with van der Waals surface area (Å²) in [6.07, 6.45) is -0.574. The Balaban J connectivity index is 2.40. The first-order chi connectivity index (χ1) is 6.68. The smallest absolute Gasteiger partial charge is 0.186 e. The standard InChI is InChI=1S/C9H7Cl2FO2/c10-6-3-5(12)4-7(11)8(6)9-13-1-2-14-9/h3-4,9H,1-2H2. The van der Waals surface area contributed by atoms with Crippen molar-refractivity contribution in [2.24, 2.45) is 0 Å². The van der Waals surface area contributed by atoms with E-state index in [0.717, 1.165) is 0 Å². The van der Waals surface area contributed by atoms with Crippen LogP contribution in [0.4, 0.5) is 4.39 Å². The second-order valence-corrected chi connectivity index (χ2v) is 3.67. The van der Waals surface area contributed by atoms with Crippen molar-refractivity contribution in [3.63, 3.8) is 0 Å². The first-order valence-corrected chi connectivity index (χ1v) is 4.82. The van der Waals surface area contributed by atoms with Crippen LogP contribution in [0.15, 0.2) is 12.1 Å². The summed E-state index contributed by atoms with van der Waals surface area (Å²) in [7, 11) is 0. The van der Waals surface area contributed by atoms with Gasteiger partial charge in [-0.1, -0.05) is 23.2 Å². The van der Waals surface area contributed by atoms with Crippen molar-refractivity contribution < 1.29 is 13.9 Å². The molecule has 0 bridgehead atoms. The highest BCUT2D eigenvalue weighted by molar-refractivity contribution is 6.36. The van der Waals surface area contributed by atoms with Crippen LogP contribution in [0.1, 0.15) is 11.9 Å². The molecule has 0 N–H and O–H groups in total. The lowest BCUT2D eigenvalue weighted by atomic mass is 10.2. The number of halogens is 3. The quantitative estimate of drug-likeness (QED) is 0.746. The molecule has 76 valence electrons. The lowest BCUT2D eigenvalue weighted by Crippen LogP contribution is -2.00. The van der Waals surface area contributed by atoms with Crippen molar-refractivity contribution in [1.82, 2.24) is 0 Å². The second-order valence-electron chi connectivity index (χ2n) is 2.86. The number of hydrogen-bond acceptors (Lipinski definition) is 2. The van der Waals surface area contributed by atoms with Crippen molar-refractivity contribution in [1.29, 1.82) is 0 Å². The molecule has 0 atom stereocenters. The first-order valence-electron chi connectivity index (χ1n) is 4.06. The number of ether oxygens (including phenoxy) is 2. The van der Waals surface area contributed by atoms with Crippen molar-refractivity contribution in [2.45, 2.75) is 6.29 Å². The van der Waals surface area contributed by atoms with E-state index in [9.17, 15) is 4.39 Å². The molecule has 1 aromatic rings. The maximum atomic E-state index is 12.8. The third-order valence-electron chi connectivity index (χ3n) is 1.90. The minimum atomic E-state index is -0.574. The van der Waals surface area contributed by atoms with Crippen LogP contribution >= 0.6 is 23.2 Å². The summed E-state index contributed by atoms with van der Waals surface area (Å²) in [6, 6.07) is 2.38. The molecule has 2 rings (SSSR count). The SMILES string of the molecule is Fc1cc(Cl)c(C2OCCO2)c(Cl)c1. The molecule has 14 heavy (non-hydrogen) atoms. The molecule has 1 fully saturated rings. The van der Waals surface area contributed by atoms with Crippen LogP contribution in [-0.4, -0.2) is 13.2 Å². The highest BCUT2D eigenvalue weighted by atomic mass is 35.5. The molecule has 1 aliphatic heterocycles. The third kappa shape index (κ3) is 1.86. The van der Waals surface area contributed by atoms with Gasteiger partial charge in [-0.3, -0.25) is 0 Å². The topological polar surface area (TPSA) is 18.5 Å². The maximum Gasteiger partial charge on any atom is 0.186 e. The summed E-state index contributed by atoms with van der Waals surface area (Å²) >= 11 is 11.7. The second kappa shape index (κ2) is 4.03. The Hall–Kier alpha value is -0.350. The van der Waals surface area contributed by atoms with E-state index in [0.29, 0.717) is 18.8 Å². The summed E-state index contributed by atoms with van der Waals surface area (Å²) in [5.41, 5.74) is 0.493. The molecule has 0 unspecified atom stereocenters. The Morgan fingerprint density at radius 1 is 1.14 bits per heavy atom. The molecule has 5 heteroatoms. The summed E-state index contributed by atoms with van der Waals surface area (Å²) in [5.74, 6) is -0.471. The third-order valence-corrected chi connectivity index (χ3v) is 2.53. The van der Waals surface area contributed by atoms with E-state index in [2.05, 4.69) is 0 Å². The van der Waals surface area contributed by atoms with E-state index < -0.39 is 12.1 Å². The van der Waals surface area contributed by atoms with Crippen molar-refractivity contribution in [2.75, 3.05) is 13.2 Å². The fourth-order valence-corrected chi connectivity index (χ4v) is 1.94. The molecule has 2 nitrogen and oxygen atoms in total. The molecular weight excluding hydrogens is 230 g/mol. The average molecular weight is 237 g/mol. The highest BCUT2D eigenvalue weighted by Crippen LogP contribution is 2.35. The van der Waals surface area contributed by atoms with Crippen LogP contribution in [0.5, 0.6) is 0 Å². The minimum absolute atomic E-state index is 0.224. The molecule has 1 aromatic carbocycles. The summed E-state index contributed by atoms with van der Waals surface area (Å²) < 4.78 is 23.3. The predicted molar refractivity (Wildman–Crippen MR) is 51.1 cm³/mol. The zero-order valence-corrected chi connectivity index (χ0v) is 8.61. The van der Waals surface area contributed by atoms with Crippen LogP contribution < -0.4 is 0 Å². The van der Waals surface area contributed by atoms with Gasteiger partial charge < -0.3 is 9.47 Å². The average Bonchev–Trinajstić information content (AvgIpc) is 2.54. The van der Waals surface area contributed by atoms with Gasteiger partial charge in [0, 0.05) is 5.56 Å². The lowest BCUT2D eigenvalue weighted by molar-refractivity contribution is -0.0439. The van der Waals surface area contributed by atoms with Gasteiger partial charge in [-0.05, 0) is 12.1 Å². The van der Waals surface area contributed by atoms with E-state index in [1.165, 1.54) is 12.1 Å². The number of benzene rings is 1. The van der Waals surface area contributed by atoms with E-state index in [-0.39, 0.29) is 10.0 Å². The van der Waals surface area contributed by atoms with E-state index in [1.807, 2.05) is 0 Å². The van der Waals surface area contributed by atoms with Gasteiger partial charge in [-0.25, -0.2) is 4.39 Å². The zero-order valence-electron chi connectivity index (χ0n) is 7.10.